The molecule has 2 unspecified atom stereocenters. The molecule has 0 aliphatic rings. The van der Waals surface area contributed by atoms with Crippen LogP contribution in [0.1, 0.15) is 47.5 Å². The molecule has 98 valence electrons. The Balaban J connectivity index is 4.48. The van der Waals surface area contributed by atoms with Crippen molar-refractivity contribution in [2.24, 2.45) is 11.8 Å². The van der Waals surface area contributed by atoms with Crippen LogP contribution < -0.4 is 0 Å². The fourth-order valence-electron chi connectivity index (χ4n) is 1.65. The second kappa shape index (κ2) is 7.20. The molecule has 0 rings (SSSR count). The Bertz CT molecular complexity index is 299. The number of carbonyl (C=O) groups is 3. The third kappa shape index (κ3) is 4.67. The van der Waals surface area contributed by atoms with Gasteiger partial charge >= 0.3 is 0 Å². The van der Waals surface area contributed by atoms with E-state index >= 15 is 0 Å². The van der Waals surface area contributed by atoms with Gasteiger partial charge in [0, 0.05) is 19.4 Å². The van der Waals surface area contributed by atoms with Crippen LogP contribution in [-0.4, -0.2) is 29.0 Å². The molecule has 0 N–H and O–H groups in total. The number of nitrogens with zero attached hydrogens (tertiary/aromatic N) is 1. The van der Waals surface area contributed by atoms with Gasteiger partial charge in [0.25, 0.3) is 0 Å². The average molecular weight is 241 g/mol. The lowest BCUT2D eigenvalue weighted by molar-refractivity contribution is -0.145. The predicted octanol–water partition coefficient (Wildman–Crippen LogP) is 2.02. The molecule has 0 aliphatic heterocycles. The molecule has 2 atom stereocenters. The van der Waals surface area contributed by atoms with E-state index < -0.39 is 0 Å². The molecule has 0 spiro atoms. The summed E-state index contributed by atoms with van der Waals surface area (Å²) in [6, 6.07) is 0. The van der Waals surface area contributed by atoms with Crippen LogP contribution in [0, 0.1) is 11.8 Å². The summed E-state index contributed by atoms with van der Waals surface area (Å²) in [5.41, 5.74) is 0. The highest BCUT2D eigenvalue weighted by Gasteiger charge is 2.24. The Labute approximate surface area is 103 Å². The van der Waals surface area contributed by atoms with Crippen LogP contribution in [0.5, 0.6) is 0 Å². The van der Waals surface area contributed by atoms with Gasteiger partial charge in [0.2, 0.25) is 11.8 Å². The summed E-state index contributed by atoms with van der Waals surface area (Å²) in [6.07, 6.45) is 0.740. The Kier molecular flexibility index (Phi) is 6.69. The van der Waals surface area contributed by atoms with Crippen LogP contribution in [-0.2, 0) is 14.4 Å². The summed E-state index contributed by atoms with van der Waals surface area (Å²) >= 11 is 0. The van der Waals surface area contributed by atoms with Crippen molar-refractivity contribution in [2.75, 3.05) is 6.54 Å². The highest BCUT2D eigenvalue weighted by molar-refractivity contribution is 6.04. The molecule has 0 radical (unpaired) electrons. The van der Waals surface area contributed by atoms with Crippen LogP contribution in [0.25, 0.3) is 0 Å². The fourth-order valence-corrected chi connectivity index (χ4v) is 1.65. The van der Waals surface area contributed by atoms with Crippen molar-refractivity contribution in [2.45, 2.75) is 47.5 Å². The molecule has 4 heteroatoms. The van der Waals surface area contributed by atoms with Gasteiger partial charge in [0.05, 0.1) is 6.42 Å². The standard InChI is InChI=1S/C13H23NO3/c1-6-9(3)10(4)12(16)8-13(17)14(7-2)11(5)15/h9-10H,6-8H2,1-5H3. The number of imide groups is 1. The first kappa shape index (κ1) is 15.8. The molecule has 0 aromatic carbocycles. The van der Waals surface area contributed by atoms with Crippen molar-refractivity contribution in [3.8, 4) is 0 Å². The largest absolute Gasteiger partial charge is 0.299 e. The van der Waals surface area contributed by atoms with Crippen molar-refractivity contribution in [1.82, 2.24) is 4.90 Å². The van der Waals surface area contributed by atoms with Crippen molar-refractivity contribution in [3.63, 3.8) is 0 Å². The SMILES string of the molecule is CCC(C)C(C)C(=O)CC(=O)N(CC)C(C)=O. The zero-order valence-electron chi connectivity index (χ0n) is 11.4. The van der Waals surface area contributed by atoms with Crippen molar-refractivity contribution in [1.29, 1.82) is 0 Å². The topological polar surface area (TPSA) is 54.5 Å². The Morgan fingerprint density at radius 1 is 1.12 bits per heavy atom. The molecule has 0 saturated carbocycles. The predicted molar refractivity (Wildman–Crippen MR) is 66.3 cm³/mol. The van der Waals surface area contributed by atoms with E-state index in [2.05, 4.69) is 0 Å². The second-order valence-corrected chi connectivity index (χ2v) is 4.47. The highest BCUT2D eigenvalue weighted by atomic mass is 16.2. The molecule has 0 heterocycles. The fraction of sp³-hybridized carbons (Fsp3) is 0.769. The van der Waals surface area contributed by atoms with Gasteiger partial charge in [0.1, 0.15) is 5.78 Å². The number of rotatable bonds is 6. The van der Waals surface area contributed by atoms with Crippen LogP contribution in [0.4, 0.5) is 0 Å². The lowest BCUT2D eigenvalue weighted by Crippen LogP contribution is -2.37. The maximum absolute atomic E-state index is 11.8. The third-order valence-electron chi connectivity index (χ3n) is 3.33. The summed E-state index contributed by atoms with van der Waals surface area (Å²) in [6.45, 7) is 9.23. The first-order valence-electron chi connectivity index (χ1n) is 6.18. The van der Waals surface area contributed by atoms with Gasteiger partial charge in [0.15, 0.2) is 0 Å². The van der Waals surface area contributed by atoms with Gasteiger partial charge in [-0.3, -0.25) is 19.3 Å². The van der Waals surface area contributed by atoms with E-state index in [1.54, 1.807) is 6.92 Å². The molecule has 0 aliphatic carbocycles. The van der Waals surface area contributed by atoms with E-state index in [1.165, 1.54) is 6.92 Å². The van der Waals surface area contributed by atoms with Crippen LogP contribution in [0.3, 0.4) is 0 Å². The van der Waals surface area contributed by atoms with E-state index in [0.29, 0.717) is 6.54 Å². The molecule has 0 saturated heterocycles. The highest BCUT2D eigenvalue weighted by Crippen LogP contribution is 2.17. The number of amides is 2. The summed E-state index contributed by atoms with van der Waals surface area (Å²) in [7, 11) is 0. The van der Waals surface area contributed by atoms with E-state index in [9.17, 15) is 14.4 Å². The zero-order chi connectivity index (χ0) is 13.6. The normalized spacial score (nSPS) is 13.9. The maximum atomic E-state index is 11.8. The Hall–Kier alpha value is -1.19. The van der Waals surface area contributed by atoms with Crippen molar-refractivity contribution in [3.05, 3.63) is 0 Å². The van der Waals surface area contributed by atoms with E-state index in [1.807, 2.05) is 20.8 Å². The summed E-state index contributed by atoms with van der Waals surface area (Å²) < 4.78 is 0. The van der Waals surface area contributed by atoms with Gasteiger partial charge in [-0.1, -0.05) is 27.2 Å². The quantitative estimate of drug-likeness (QED) is 0.668. The molecule has 4 nitrogen and oxygen atoms in total. The van der Waals surface area contributed by atoms with Crippen LogP contribution in [0.15, 0.2) is 0 Å². The van der Waals surface area contributed by atoms with Crippen molar-refractivity contribution < 1.29 is 14.4 Å². The average Bonchev–Trinajstić information content (AvgIpc) is 2.27. The first-order valence-corrected chi connectivity index (χ1v) is 6.18. The lowest BCUT2D eigenvalue weighted by Gasteiger charge is -2.20. The third-order valence-corrected chi connectivity index (χ3v) is 3.33. The molecule has 0 aromatic rings. The minimum atomic E-state index is -0.389. The molecule has 0 bridgehead atoms. The zero-order valence-corrected chi connectivity index (χ0v) is 11.4. The smallest absolute Gasteiger partial charge is 0.236 e. The summed E-state index contributed by atoms with van der Waals surface area (Å²) in [4.78, 5) is 35.8. The monoisotopic (exact) mass is 241 g/mol. The molecular weight excluding hydrogens is 218 g/mol. The van der Waals surface area contributed by atoms with Gasteiger partial charge in [-0.15, -0.1) is 0 Å². The van der Waals surface area contributed by atoms with E-state index in [-0.39, 0.29) is 35.9 Å². The van der Waals surface area contributed by atoms with E-state index in [0.717, 1.165) is 11.3 Å². The van der Waals surface area contributed by atoms with Gasteiger partial charge in [-0.05, 0) is 12.8 Å². The molecule has 0 fully saturated rings. The summed E-state index contributed by atoms with van der Waals surface area (Å²) in [5, 5.41) is 0. The molecule has 17 heavy (non-hydrogen) atoms. The maximum Gasteiger partial charge on any atom is 0.236 e. The second-order valence-electron chi connectivity index (χ2n) is 4.47. The molecule has 0 aromatic heterocycles. The molecule has 2 amide bonds. The number of ketones is 1. The van der Waals surface area contributed by atoms with Gasteiger partial charge in [-0.25, -0.2) is 0 Å². The molecular formula is C13H23NO3. The van der Waals surface area contributed by atoms with Crippen molar-refractivity contribution >= 4 is 17.6 Å². The summed E-state index contributed by atoms with van der Waals surface area (Å²) in [5.74, 6) is -0.636. The van der Waals surface area contributed by atoms with E-state index in [4.69, 9.17) is 0 Å². The first-order chi connectivity index (χ1) is 7.84. The Morgan fingerprint density at radius 2 is 1.65 bits per heavy atom. The van der Waals surface area contributed by atoms with Crippen LogP contribution >= 0.6 is 0 Å². The number of carbonyl (C=O) groups excluding carboxylic acids is 3. The lowest BCUT2D eigenvalue weighted by atomic mass is 9.88. The van der Waals surface area contributed by atoms with Crippen LogP contribution in [0.2, 0.25) is 0 Å². The van der Waals surface area contributed by atoms with Gasteiger partial charge in [-0.2, -0.15) is 0 Å². The minimum absolute atomic E-state index is 0.0796. The number of hydrogen-bond acceptors (Lipinski definition) is 3. The number of hydrogen-bond donors (Lipinski definition) is 0. The Morgan fingerprint density at radius 3 is 2.00 bits per heavy atom. The minimum Gasteiger partial charge on any atom is -0.299 e. The van der Waals surface area contributed by atoms with Gasteiger partial charge < -0.3 is 0 Å². The number of Topliss-reactive ketones (excluding diaryl/α,β-unsaturated/α-hetero) is 1.